The predicted octanol–water partition coefficient (Wildman–Crippen LogP) is 1.81. The zero-order chi connectivity index (χ0) is 16.9. The standard InChI is InChI=1S/C17H21N5O2/c1-12(16-18-11-19-21-16)20-15(23)8-4-5-9-22-10-13-6-2-3-7-14(13)17(22)24/h2-3,6-7,11-12H,4-5,8-10H2,1H3,(H,20,23)(H,18,19,21). The highest BCUT2D eigenvalue weighted by Gasteiger charge is 2.25. The van der Waals surface area contributed by atoms with Crippen molar-refractivity contribution in [3.05, 3.63) is 47.5 Å². The lowest BCUT2D eigenvalue weighted by atomic mass is 10.1. The lowest BCUT2D eigenvalue weighted by Gasteiger charge is -2.15. The number of H-pyrrole nitrogens is 1. The maximum absolute atomic E-state index is 12.2. The first-order valence-corrected chi connectivity index (χ1v) is 8.17. The number of unbranched alkanes of at least 4 members (excludes halogenated alkanes) is 1. The van der Waals surface area contributed by atoms with Crippen LogP contribution in [0, 0.1) is 0 Å². The number of aromatic nitrogens is 3. The third-order valence-electron chi connectivity index (χ3n) is 4.20. The molecular weight excluding hydrogens is 306 g/mol. The second-order valence-corrected chi connectivity index (χ2v) is 6.00. The van der Waals surface area contributed by atoms with E-state index in [1.54, 1.807) is 0 Å². The van der Waals surface area contributed by atoms with Crippen molar-refractivity contribution in [2.45, 2.75) is 38.8 Å². The fourth-order valence-corrected chi connectivity index (χ4v) is 2.89. The Labute approximate surface area is 140 Å². The van der Waals surface area contributed by atoms with Crippen LogP contribution in [0.3, 0.4) is 0 Å². The molecule has 1 aliphatic rings. The summed E-state index contributed by atoms with van der Waals surface area (Å²) in [6, 6.07) is 7.52. The topological polar surface area (TPSA) is 91.0 Å². The molecule has 0 spiro atoms. The van der Waals surface area contributed by atoms with E-state index in [0.717, 1.165) is 24.0 Å². The molecule has 2 heterocycles. The van der Waals surface area contributed by atoms with Crippen molar-refractivity contribution in [2.75, 3.05) is 6.54 Å². The minimum absolute atomic E-state index is 0.0186. The Morgan fingerprint density at radius 3 is 2.96 bits per heavy atom. The molecule has 24 heavy (non-hydrogen) atoms. The number of rotatable bonds is 7. The smallest absolute Gasteiger partial charge is 0.254 e. The van der Waals surface area contributed by atoms with Crippen LogP contribution in [-0.4, -0.2) is 38.4 Å². The van der Waals surface area contributed by atoms with Gasteiger partial charge in [-0.15, -0.1) is 0 Å². The van der Waals surface area contributed by atoms with E-state index in [4.69, 9.17) is 0 Å². The Hall–Kier alpha value is -2.70. The number of amides is 2. The number of hydrogen-bond acceptors (Lipinski definition) is 4. The molecule has 7 nitrogen and oxygen atoms in total. The Kier molecular flexibility index (Phi) is 4.88. The van der Waals surface area contributed by atoms with Crippen molar-refractivity contribution in [2.24, 2.45) is 0 Å². The summed E-state index contributed by atoms with van der Waals surface area (Å²) in [6.07, 6.45) is 3.41. The van der Waals surface area contributed by atoms with E-state index in [-0.39, 0.29) is 17.9 Å². The lowest BCUT2D eigenvalue weighted by Crippen LogP contribution is -2.28. The number of carbonyl (C=O) groups is 2. The molecule has 1 aromatic heterocycles. The predicted molar refractivity (Wildman–Crippen MR) is 88.0 cm³/mol. The Balaban J connectivity index is 1.37. The maximum atomic E-state index is 12.2. The number of nitrogens with one attached hydrogen (secondary N) is 2. The molecule has 0 fully saturated rings. The highest BCUT2D eigenvalue weighted by atomic mass is 16.2. The summed E-state index contributed by atoms with van der Waals surface area (Å²) in [4.78, 5) is 30.0. The van der Waals surface area contributed by atoms with Gasteiger partial charge in [-0.1, -0.05) is 18.2 Å². The lowest BCUT2D eigenvalue weighted by molar-refractivity contribution is -0.121. The SMILES string of the molecule is CC(NC(=O)CCCCN1Cc2ccccc2C1=O)c1ncn[nH]1. The van der Waals surface area contributed by atoms with Gasteiger partial charge in [0.15, 0.2) is 0 Å². The van der Waals surface area contributed by atoms with E-state index in [1.807, 2.05) is 36.1 Å². The molecule has 1 aromatic carbocycles. The van der Waals surface area contributed by atoms with Crippen LogP contribution in [0.4, 0.5) is 0 Å². The molecule has 0 saturated heterocycles. The van der Waals surface area contributed by atoms with Crippen molar-refractivity contribution in [3.8, 4) is 0 Å². The van der Waals surface area contributed by atoms with Crippen molar-refractivity contribution in [3.63, 3.8) is 0 Å². The molecule has 2 aromatic rings. The summed E-state index contributed by atoms with van der Waals surface area (Å²) in [7, 11) is 0. The molecule has 1 aliphatic heterocycles. The summed E-state index contributed by atoms with van der Waals surface area (Å²) in [5.41, 5.74) is 1.89. The van der Waals surface area contributed by atoms with Gasteiger partial charge in [-0.3, -0.25) is 14.7 Å². The van der Waals surface area contributed by atoms with Crippen LogP contribution in [0.2, 0.25) is 0 Å². The highest BCUT2D eigenvalue weighted by Crippen LogP contribution is 2.22. The molecule has 0 radical (unpaired) electrons. The first kappa shape index (κ1) is 16.2. The molecule has 126 valence electrons. The first-order valence-electron chi connectivity index (χ1n) is 8.17. The minimum atomic E-state index is -0.186. The maximum Gasteiger partial charge on any atom is 0.254 e. The van der Waals surface area contributed by atoms with Crippen LogP contribution in [0.1, 0.15) is 54.0 Å². The first-order chi connectivity index (χ1) is 11.6. The quantitative estimate of drug-likeness (QED) is 0.759. The van der Waals surface area contributed by atoms with E-state index >= 15 is 0 Å². The van der Waals surface area contributed by atoms with Crippen LogP contribution < -0.4 is 5.32 Å². The number of fused-ring (bicyclic) bond motifs is 1. The molecular formula is C17H21N5O2. The number of benzene rings is 1. The monoisotopic (exact) mass is 327 g/mol. The van der Waals surface area contributed by atoms with Gasteiger partial charge in [-0.25, -0.2) is 4.98 Å². The number of carbonyl (C=O) groups excluding carboxylic acids is 2. The highest BCUT2D eigenvalue weighted by molar-refractivity contribution is 5.98. The minimum Gasteiger partial charge on any atom is -0.346 e. The molecule has 0 saturated carbocycles. The molecule has 0 aliphatic carbocycles. The molecule has 1 atom stereocenters. The van der Waals surface area contributed by atoms with Gasteiger partial charge in [-0.05, 0) is 31.4 Å². The Bertz CT molecular complexity index is 714. The summed E-state index contributed by atoms with van der Waals surface area (Å²) in [5.74, 6) is 0.715. The molecule has 2 N–H and O–H groups in total. The van der Waals surface area contributed by atoms with Crippen LogP contribution in [0.25, 0.3) is 0 Å². The molecule has 7 heteroatoms. The fourth-order valence-electron chi connectivity index (χ4n) is 2.89. The fraction of sp³-hybridized carbons (Fsp3) is 0.412. The van der Waals surface area contributed by atoms with Gasteiger partial charge in [0, 0.05) is 25.1 Å². The summed E-state index contributed by atoms with van der Waals surface area (Å²) < 4.78 is 0. The number of aromatic amines is 1. The molecule has 3 rings (SSSR count). The third kappa shape index (κ3) is 3.61. The molecule has 2 amide bonds. The zero-order valence-electron chi connectivity index (χ0n) is 13.7. The average Bonchev–Trinajstić information content (AvgIpc) is 3.21. The van der Waals surface area contributed by atoms with Gasteiger partial charge in [0.05, 0.1) is 6.04 Å². The summed E-state index contributed by atoms with van der Waals surface area (Å²) >= 11 is 0. The largest absolute Gasteiger partial charge is 0.346 e. The zero-order valence-corrected chi connectivity index (χ0v) is 13.7. The van der Waals surface area contributed by atoms with Crippen molar-refractivity contribution < 1.29 is 9.59 Å². The van der Waals surface area contributed by atoms with Gasteiger partial charge in [0.2, 0.25) is 5.91 Å². The van der Waals surface area contributed by atoms with E-state index in [9.17, 15) is 9.59 Å². The van der Waals surface area contributed by atoms with Gasteiger partial charge < -0.3 is 10.2 Å². The van der Waals surface area contributed by atoms with Gasteiger partial charge in [0.1, 0.15) is 12.2 Å². The van der Waals surface area contributed by atoms with Crippen molar-refractivity contribution in [1.29, 1.82) is 0 Å². The molecule has 0 bridgehead atoms. The average molecular weight is 327 g/mol. The van der Waals surface area contributed by atoms with E-state index in [1.165, 1.54) is 6.33 Å². The third-order valence-corrected chi connectivity index (χ3v) is 4.20. The van der Waals surface area contributed by atoms with Crippen LogP contribution in [0.15, 0.2) is 30.6 Å². The van der Waals surface area contributed by atoms with Crippen molar-refractivity contribution in [1.82, 2.24) is 25.4 Å². The van der Waals surface area contributed by atoms with Crippen molar-refractivity contribution >= 4 is 11.8 Å². The Morgan fingerprint density at radius 2 is 2.21 bits per heavy atom. The van der Waals surface area contributed by atoms with Crippen LogP contribution in [0.5, 0.6) is 0 Å². The van der Waals surface area contributed by atoms with Gasteiger partial charge in [-0.2, -0.15) is 5.10 Å². The normalized spacial score (nSPS) is 14.5. The van der Waals surface area contributed by atoms with Crippen LogP contribution >= 0.6 is 0 Å². The second-order valence-electron chi connectivity index (χ2n) is 6.00. The second kappa shape index (κ2) is 7.25. The van der Waals surface area contributed by atoms with E-state index in [2.05, 4.69) is 20.5 Å². The van der Waals surface area contributed by atoms with Gasteiger partial charge in [0.25, 0.3) is 5.91 Å². The van der Waals surface area contributed by atoms with Crippen LogP contribution in [-0.2, 0) is 11.3 Å². The number of hydrogen-bond donors (Lipinski definition) is 2. The van der Waals surface area contributed by atoms with E-state index < -0.39 is 0 Å². The van der Waals surface area contributed by atoms with E-state index in [0.29, 0.717) is 25.3 Å². The summed E-state index contributed by atoms with van der Waals surface area (Å²) in [5, 5.41) is 9.39. The summed E-state index contributed by atoms with van der Waals surface area (Å²) in [6.45, 7) is 3.21. The molecule has 1 unspecified atom stereocenters. The number of nitrogens with zero attached hydrogens (tertiary/aromatic N) is 3. The van der Waals surface area contributed by atoms with Gasteiger partial charge >= 0.3 is 0 Å². The Morgan fingerprint density at radius 1 is 1.38 bits per heavy atom.